The van der Waals surface area contributed by atoms with Gasteiger partial charge in [-0.05, 0) is 49.0 Å². The van der Waals surface area contributed by atoms with Crippen LogP contribution in [0.2, 0.25) is 11.1 Å². The Kier molecular flexibility index (Phi) is 8.00. The van der Waals surface area contributed by atoms with Crippen LogP contribution in [0.15, 0.2) is 155 Å². The summed E-state index contributed by atoms with van der Waals surface area (Å²) in [7, 11) is -2.58. The molecule has 4 atom stereocenters. The fourth-order valence-corrected chi connectivity index (χ4v) is 15.0. The lowest BCUT2D eigenvalue weighted by molar-refractivity contribution is 0.668. The minimum Gasteiger partial charge on any atom is -0.0770 e. The predicted molar refractivity (Wildman–Crippen MR) is 180 cm³/mol. The third kappa shape index (κ3) is 4.69. The number of rotatable bonds is 8. The van der Waals surface area contributed by atoms with E-state index in [4.69, 9.17) is 0 Å². The Hall–Kier alpha value is -3.42. The molecule has 0 spiro atoms. The highest BCUT2D eigenvalue weighted by atomic mass is 28.3. The van der Waals surface area contributed by atoms with Crippen molar-refractivity contribution in [3.05, 3.63) is 155 Å². The van der Waals surface area contributed by atoms with Crippen molar-refractivity contribution in [2.45, 2.75) is 64.5 Å². The zero-order chi connectivity index (χ0) is 28.4. The molecule has 0 heterocycles. The molecule has 41 heavy (non-hydrogen) atoms. The Labute approximate surface area is 249 Å². The second-order valence-electron chi connectivity index (χ2n) is 12.3. The Bertz CT molecular complexity index is 1400. The van der Waals surface area contributed by atoms with Crippen LogP contribution in [-0.4, -0.2) is 8.07 Å². The molecule has 0 fully saturated rings. The predicted octanol–water partition coefficient (Wildman–Crippen LogP) is 9.59. The molecule has 4 unspecified atom stereocenters. The van der Waals surface area contributed by atoms with Gasteiger partial charge in [-0.15, -0.1) is 0 Å². The van der Waals surface area contributed by atoms with Crippen molar-refractivity contribution >= 4 is 18.4 Å². The van der Waals surface area contributed by atoms with Crippen molar-refractivity contribution in [1.82, 2.24) is 0 Å². The topological polar surface area (TPSA) is 0 Å². The molecule has 0 amide bonds. The summed E-state index contributed by atoms with van der Waals surface area (Å²) in [6.45, 7) is 9.51. The molecular formula is C40H44Si. The third-order valence-corrected chi connectivity index (χ3v) is 15.8. The van der Waals surface area contributed by atoms with E-state index >= 15 is 0 Å². The van der Waals surface area contributed by atoms with Gasteiger partial charge in [-0.25, -0.2) is 0 Å². The Morgan fingerprint density at radius 3 is 1.34 bits per heavy atom. The summed E-state index contributed by atoms with van der Waals surface area (Å²) in [6, 6.07) is 23.3. The SMILES string of the molecule is CCCC1C=CC=CC2=C1C=C(C)C2[Si](c1ccccc1)(c1ccccc1)C1C(C)=CC2=C1C=CC=CC2CCC. The fourth-order valence-electron chi connectivity index (χ4n) is 8.36. The van der Waals surface area contributed by atoms with Crippen molar-refractivity contribution < 1.29 is 0 Å². The molecule has 0 radical (unpaired) electrons. The van der Waals surface area contributed by atoms with E-state index in [1.807, 2.05) is 0 Å². The molecular weight excluding hydrogens is 509 g/mol. The molecule has 0 saturated heterocycles. The summed E-state index contributed by atoms with van der Waals surface area (Å²) < 4.78 is 0. The summed E-state index contributed by atoms with van der Waals surface area (Å²) in [5.41, 5.74) is 10.1. The zero-order valence-corrected chi connectivity index (χ0v) is 26.2. The molecule has 2 aromatic carbocycles. The van der Waals surface area contributed by atoms with Crippen molar-refractivity contribution in [2.24, 2.45) is 11.8 Å². The molecule has 0 bridgehead atoms. The van der Waals surface area contributed by atoms with Crippen LogP contribution in [0.3, 0.4) is 0 Å². The van der Waals surface area contributed by atoms with Crippen LogP contribution >= 0.6 is 0 Å². The van der Waals surface area contributed by atoms with Gasteiger partial charge in [0, 0.05) is 22.9 Å². The first-order valence-corrected chi connectivity index (χ1v) is 17.9. The van der Waals surface area contributed by atoms with Crippen molar-refractivity contribution in [3.63, 3.8) is 0 Å². The van der Waals surface area contributed by atoms with Crippen LogP contribution in [0.5, 0.6) is 0 Å². The second-order valence-corrected chi connectivity index (χ2v) is 16.4. The van der Waals surface area contributed by atoms with E-state index in [9.17, 15) is 0 Å². The molecule has 6 rings (SSSR count). The summed E-state index contributed by atoms with van der Waals surface area (Å²) in [6.07, 6.45) is 29.0. The maximum atomic E-state index is 2.58. The van der Waals surface area contributed by atoms with Gasteiger partial charge in [0.05, 0.1) is 0 Å². The quantitative estimate of drug-likeness (QED) is 0.286. The number of hydrogen-bond donors (Lipinski definition) is 0. The largest absolute Gasteiger partial charge is 0.140 e. The maximum Gasteiger partial charge on any atom is 0.140 e. The van der Waals surface area contributed by atoms with Gasteiger partial charge in [0.1, 0.15) is 8.07 Å². The van der Waals surface area contributed by atoms with Crippen LogP contribution in [0.1, 0.15) is 53.4 Å². The van der Waals surface area contributed by atoms with Gasteiger partial charge in [0.25, 0.3) is 0 Å². The highest BCUT2D eigenvalue weighted by molar-refractivity contribution is 7.06. The molecule has 0 N–H and O–H groups in total. The lowest BCUT2D eigenvalue weighted by Crippen LogP contribution is -2.65. The van der Waals surface area contributed by atoms with E-state index < -0.39 is 8.07 Å². The van der Waals surface area contributed by atoms with E-state index in [0.29, 0.717) is 22.9 Å². The van der Waals surface area contributed by atoms with Gasteiger partial charge in [0.15, 0.2) is 0 Å². The lowest BCUT2D eigenvalue weighted by atomic mass is 9.92. The van der Waals surface area contributed by atoms with E-state index in [2.05, 4.69) is 149 Å². The summed E-state index contributed by atoms with van der Waals surface area (Å²) in [4.78, 5) is 0. The Morgan fingerprint density at radius 1 is 0.537 bits per heavy atom. The van der Waals surface area contributed by atoms with Gasteiger partial charge in [-0.3, -0.25) is 0 Å². The second kappa shape index (κ2) is 11.8. The summed E-state index contributed by atoms with van der Waals surface area (Å²) >= 11 is 0. The average Bonchev–Trinajstić information content (AvgIpc) is 3.33. The van der Waals surface area contributed by atoms with Gasteiger partial charge in [-0.2, -0.15) is 0 Å². The van der Waals surface area contributed by atoms with E-state index in [1.165, 1.54) is 36.8 Å². The first kappa shape index (κ1) is 27.7. The molecule has 4 aliphatic rings. The molecule has 2 aromatic rings. The van der Waals surface area contributed by atoms with Crippen molar-refractivity contribution in [2.75, 3.05) is 0 Å². The monoisotopic (exact) mass is 552 g/mol. The average molecular weight is 553 g/mol. The molecule has 0 saturated carbocycles. The van der Waals surface area contributed by atoms with E-state index in [-0.39, 0.29) is 0 Å². The van der Waals surface area contributed by atoms with Crippen molar-refractivity contribution in [1.29, 1.82) is 0 Å². The molecule has 4 aliphatic carbocycles. The number of allylic oxidation sites excluding steroid dienone is 16. The van der Waals surface area contributed by atoms with Gasteiger partial charge < -0.3 is 0 Å². The van der Waals surface area contributed by atoms with Gasteiger partial charge in [0.2, 0.25) is 0 Å². The Morgan fingerprint density at radius 2 is 0.951 bits per heavy atom. The van der Waals surface area contributed by atoms with Crippen LogP contribution in [-0.2, 0) is 0 Å². The third-order valence-electron chi connectivity index (χ3n) is 9.84. The zero-order valence-electron chi connectivity index (χ0n) is 25.2. The van der Waals surface area contributed by atoms with E-state index in [0.717, 1.165) is 0 Å². The maximum absolute atomic E-state index is 2.58. The molecule has 0 aromatic heterocycles. The number of benzene rings is 2. The van der Waals surface area contributed by atoms with Crippen LogP contribution < -0.4 is 10.4 Å². The van der Waals surface area contributed by atoms with Gasteiger partial charge >= 0.3 is 0 Å². The highest BCUT2D eigenvalue weighted by Gasteiger charge is 2.56. The minimum absolute atomic E-state index is 0.368. The smallest absolute Gasteiger partial charge is 0.0770 e. The van der Waals surface area contributed by atoms with Crippen molar-refractivity contribution in [3.8, 4) is 0 Å². The molecule has 1 heteroatoms. The molecule has 0 aliphatic heterocycles. The van der Waals surface area contributed by atoms with Gasteiger partial charge in [-0.1, -0.05) is 170 Å². The van der Waals surface area contributed by atoms with Crippen LogP contribution in [0.4, 0.5) is 0 Å². The normalized spacial score (nSPS) is 25.2. The summed E-state index contributed by atoms with van der Waals surface area (Å²) in [5.74, 6) is 0.961. The first-order chi connectivity index (χ1) is 20.1. The van der Waals surface area contributed by atoms with E-state index in [1.54, 1.807) is 32.7 Å². The first-order valence-electron chi connectivity index (χ1n) is 15.8. The molecule has 0 nitrogen and oxygen atoms in total. The highest BCUT2D eigenvalue weighted by Crippen LogP contribution is 2.57. The number of hydrogen-bond acceptors (Lipinski definition) is 0. The van der Waals surface area contributed by atoms with Crippen LogP contribution in [0, 0.1) is 11.8 Å². The lowest BCUT2D eigenvalue weighted by Gasteiger charge is -2.46. The van der Waals surface area contributed by atoms with Crippen LogP contribution in [0.25, 0.3) is 0 Å². The fraction of sp³-hybridized carbons (Fsp3) is 0.300. The molecule has 208 valence electrons. The summed E-state index contributed by atoms with van der Waals surface area (Å²) in [5, 5.41) is 3.08. The minimum atomic E-state index is -2.58. The standard InChI is InChI=1S/C40H44Si/c1-5-17-31-19-13-15-25-35-37(31)27-29(3)39(35)41(33-21-9-7-10-22-33,34-23-11-8-12-24-34)40-30(4)28-38-32(18-6-2)20-14-16-26-36(38)40/h7-16,19-28,31-32,39-40H,5-6,17-18H2,1-4H3. The Balaban J connectivity index is 1.69.